The highest BCUT2D eigenvalue weighted by molar-refractivity contribution is 6.07. The molecule has 1 fully saturated rings. The van der Waals surface area contributed by atoms with Crippen LogP contribution in [0.5, 0.6) is 0 Å². The highest BCUT2D eigenvalue weighted by atomic mass is 15.0. The molecule has 13 rings (SSSR count). The van der Waals surface area contributed by atoms with Crippen molar-refractivity contribution in [2.75, 3.05) is 0 Å². The standard InChI is InChI=1S/C53H35N3/c1-3-12-34(13-4-1)51-54-52(35-14-5-2-6-15-35)56-53(55-51)36-24-22-32(23-25-36)37-20-11-21-42-47-31-48-45(33-26-28-43-44(29-27-33)50(43)48)30-46(47)40-18-8-7-16-38(40)39-17-9-10-19-41(39)49(37)42/h1-31,33,43-44,50H. The molecule has 1 heterocycles. The molecule has 3 nitrogen and oxygen atoms in total. The van der Waals surface area contributed by atoms with Crippen LogP contribution in [0.1, 0.15) is 23.0 Å². The third-order valence-electron chi connectivity index (χ3n) is 12.4. The molecule has 0 amide bonds. The normalized spacial score (nSPS) is 18.9. The van der Waals surface area contributed by atoms with E-state index in [0.29, 0.717) is 41.1 Å². The first-order valence-electron chi connectivity index (χ1n) is 19.6. The van der Waals surface area contributed by atoms with Gasteiger partial charge in [-0.05, 0) is 96.6 Å². The van der Waals surface area contributed by atoms with Crippen LogP contribution in [-0.2, 0) is 0 Å². The second-order valence-electron chi connectivity index (χ2n) is 15.4. The van der Waals surface area contributed by atoms with Crippen molar-refractivity contribution in [3.05, 3.63) is 199 Å². The van der Waals surface area contributed by atoms with Crippen molar-refractivity contribution in [2.24, 2.45) is 11.8 Å². The fourth-order valence-corrected chi connectivity index (χ4v) is 9.63. The molecule has 5 aliphatic rings. The number of allylic oxidation sites excluding steroid dienone is 4. The van der Waals surface area contributed by atoms with Crippen LogP contribution in [0.4, 0.5) is 0 Å². The van der Waals surface area contributed by atoms with Crippen LogP contribution in [0.15, 0.2) is 188 Å². The predicted molar refractivity (Wildman–Crippen MR) is 228 cm³/mol. The van der Waals surface area contributed by atoms with E-state index < -0.39 is 0 Å². The maximum absolute atomic E-state index is 5.01. The Labute approximate surface area is 326 Å². The van der Waals surface area contributed by atoms with Crippen molar-refractivity contribution >= 4 is 0 Å². The lowest BCUT2D eigenvalue weighted by Gasteiger charge is -2.27. The first-order chi connectivity index (χ1) is 27.8. The first-order valence-corrected chi connectivity index (χ1v) is 19.6. The Morgan fingerprint density at radius 3 is 1.34 bits per heavy atom. The average Bonchev–Trinajstić information content (AvgIpc) is 4.06. The zero-order valence-electron chi connectivity index (χ0n) is 30.5. The molecule has 0 saturated heterocycles. The van der Waals surface area contributed by atoms with Crippen molar-refractivity contribution in [1.29, 1.82) is 0 Å². The van der Waals surface area contributed by atoms with Gasteiger partial charge in [0.2, 0.25) is 0 Å². The molecule has 2 atom stereocenters. The lowest BCUT2D eigenvalue weighted by Crippen LogP contribution is -2.03. The van der Waals surface area contributed by atoms with Gasteiger partial charge in [0.15, 0.2) is 17.5 Å². The van der Waals surface area contributed by atoms with Crippen LogP contribution in [0, 0.1) is 11.8 Å². The summed E-state index contributed by atoms with van der Waals surface area (Å²) in [6.45, 7) is 0. The summed E-state index contributed by atoms with van der Waals surface area (Å²) in [4.78, 5) is 14.9. The van der Waals surface area contributed by atoms with E-state index in [9.17, 15) is 0 Å². The summed E-state index contributed by atoms with van der Waals surface area (Å²) in [5.41, 5.74) is 18.5. The second-order valence-corrected chi connectivity index (χ2v) is 15.4. The maximum Gasteiger partial charge on any atom is 0.164 e. The molecule has 1 saturated carbocycles. The maximum atomic E-state index is 5.01. The van der Waals surface area contributed by atoms with Crippen molar-refractivity contribution in [3.63, 3.8) is 0 Å². The summed E-state index contributed by atoms with van der Waals surface area (Å²) in [7, 11) is 0. The van der Waals surface area contributed by atoms with Gasteiger partial charge in [-0.3, -0.25) is 0 Å². The van der Waals surface area contributed by atoms with E-state index in [1.54, 1.807) is 0 Å². The van der Waals surface area contributed by atoms with Crippen LogP contribution >= 0.6 is 0 Å². The van der Waals surface area contributed by atoms with Crippen LogP contribution in [-0.4, -0.2) is 15.0 Å². The van der Waals surface area contributed by atoms with Gasteiger partial charge in [0.25, 0.3) is 0 Å². The molecule has 8 aromatic rings. The first kappa shape index (κ1) is 31.4. The molecular formula is C53H35N3. The third-order valence-corrected chi connectivity index (χ3v) is 12.4. The average molecular weight is 714 g/mol. The van der Waals surface area contributed by atoms with Gasteiger partial charge in [-0.2, -0.15) is 0 Å². The van der Waals surface area contributed by atoms with E-state index >= 15 is 0 Å². The zero-order valence-corrected chi connectivity index (χ0v) is 30.5. The zero-order chi connectivity index (χ0) is 36.7. The molecule has 1 aromatic heterocycles. The van der Waals surface area contributed by atoms with E-state index in [1.165, 1.54) is 61.2 Å². The lowest BCUT2D eigenvalue weighted by molar-refractivity contribution is 1.00. The fourth-order valence-electron chi connectivity index (χ4n) is 9.63. The van der Waals surface area contributed by atoms with Crippen molar-refractivity contribution in [1.82, 2.24) is 15.0 Å². The van der Waals surface area contributed by atoms with Crippen molar-refractivity contribution in [2.45, 2.75) is 11.8 Å². The highest BCUT2D eigenvalue weighted by Gasteiger charge is 2.51. The summed E-state index contributed by atoms with van der Waals surface area (Å²) in [5, 5.41) is 0. The SMILES string of the molecule is C1=CC2C3C=CC1c1cc4c(cc1C23)-c1cccc(-c2ccc(-c3nc(-c5ccccc5)nc(-c5ccccc5)n3)cc2)c1-c1ccccc1-c1ccccc1-4. The van der Waals surface area contributed by atoms with Gasteiger partial charge < -0.3 is 0 Å². The Bertz CT molecular complexity index is 2850. The molecule has 0 aliphatic heterocycles. The minimum atomic E-state index is 0.321. The predicted octanol–water partition coefficient (Wildman–Crippen LogP) is 13.1. The van der Waals surface area contributed by atoms with E-state index in [2.05, 4.69) is 127 Å². The number of benzene rings is 7. The summed E-state index contributed by atoms with van der Waals surface area (Å²) in [6, 6.07) is 59.0. The van der Waals surface area contributed by atoms with Crippen LogP contribution in [0.25, 0.3) is 89.8 Å². The monoisotopic (exact) mass is 713 g/mol. The van der Waals surface area contributed by atoms with Gasteiger partial charge in [-0.15, -0.1) is 0 Å². The van der Waals surface area contributed by atoms with Gasteiger partial charge >= 0.3 is 0 Å². The number of fused-ring (bicyclic) bond motifs is 8. The molecular weight excluding hydrogens is 679 g/mol. The van der Waals surface area contributed by atoms with E-state index in [0.717, 1.165) is 22.3 Å². The number of aromatic nitrogens is 3. The Hall–Kier alpha value is -6.97. The largest absolute Gasteiger partial charge is 0.208 e. The summed E-state index contributed by atoms with van der Waals surface area (Å²) >= 11 is 0. The topological polar surface area (TPSA) is 38.7 Å². The Kier molecular flexibility index (Phi) is 6.88. The van der Waals surface area contributed by atoms with Gasteiger partial charge in [0, 0.05) is 22.6 Å². The fraction of sp³-hybridized carbons (Fsp3) is 0.0755. The Morgan fingerprint density at radius 2 is 0.732 bits per heavy atom. The molecule has 0 N–H and O–H groups in total. The van der Waals surface area contributed by atoms with Gasteiger partial charge in [0.05, 0.1) is 0 Å². The highest BCUT2D eigenvalue weighted by Crippen LogP contribution is 2.63. The van der Waals surface area contributed by atoms with Gasteiger partial charge in [-0.25, -0.2) is 15.0 Å². The van der Waals surface area contributed by atoms with E-state index in [1.807, 2.05) is 60.7 Å². The molecule has 2 unspecified atom stereocenters. The summed E-state index contributed by atoms with van der Waals surface area (Å²) < 4.78 is 0. The summed E-state index contributed by atoms with van der Waals surface area (Å²) in [6.07, 6.45) is 9.86. The number of rotatable bonds is 4. The van der Waals surface area contributed by atoms with E-state index in [-0.39, 0.29) is 0 Å². The minimum Gasteiger partial charge on any atom is -0.208 e. The van der Waals surface area contributed by atoms with Crippen molar-refractivity contribution < 1.29 is 0 Å². The molecule has 0 spiro atoms. The van der Waals surface area contributed by atoms with Crippen LogP contribution < -0.4 is 0 Å². The molecule has 4 bridgehead atoms. The summed E-state index contributed by atoms with van der Waals surface area (Å²) in [5.74, 6) is 4.07. The molecule has 56 heavy (non-hydrogen) atoms. The van der Waals surface area contributed by atoms with Crippen LogP contribution in [0.2, 0.25) is 0 Å². The second kappa shape index (κ2) is 12.3. The van der Waals surface area contributed by atoms with Gasteiger partial charge in [0.1, 0.15) is 0 Å². The molecule has 3 heteroatoms. The molecule has 262 valence electrons. The Morgan fingerprint density at radius 1 is 0.304 bits per heavy atom. The van der Waals surface area contributed by atoms with Gasteiger partial charge in [-0.1, -0.05) is 176 Å². The number of nitrogens with zero attached hydrogens (tertiary/aromatic N) is 3. The molecule has 0 radical (unpaired) electrons. The van der Waals surface area contributed by atoms with Crippen LogP contribution in [0.3, 0.4) is 0 Å². The third kappa shape index (κ3) is 4.87. The van der Waals surface area contributed by atoms with E-state index in [4.69, 9.17) is 15.0 Å². The smallest absolute Gasteiger partial charge is 0.164 e. The van der Waals surface area contributed by atoms with Crippen molar-refractivity contribution in [3.8, 4) is 89.8 Å². The minimum absolute atomic E-state index is 0.321. The molecule has 5 aliphatic carbocycles. The number of hydrogen-bond acceptors (Lipinski definition) is 3. The quantitative estimate of drug-likeness (QED) is 0.170. The lowest BCUT2D eigenvalue weighted by atomic mass is 9.76. The number of hydrogen-bond donors (Lipinski definition) is 0. The molecule has 7 aromatic carbocycles. The Balaban J connectivity index is 1.04.